The Kier molecular flexibility index (Phi) is 7.21. The molecule has 0 saturated carbocycles. The predicted octanol–water partition coefficient (Wildman–Crippen LogP) is 2.14. The molecular formula is C13H21NO2. The van der Waals surface area contributed by atoms with Crippen molar-refractivity contribution in [3.05, 3.63) is 29.8 Å². The minimum atomic E-state index is -0.139. The zero-order valence-corrected chi connectivity index (χ0v) is 10.4. The van der Waals surface area contributed by atoms with Crippen LogP contribution in [-0.4, -0.2) is 24.0 Å². The van der Waals surface area contributed by atoms with Gasteiger partial charge in [0.05, 0.1) is 6.04 Å². The highest BCUT2D eigenvalue weighted by molar-refractivity contribution is 5.81. The fourth-order valence-electron chi connectivity index (χ4n) is 1.32. The lowest BCUT2D eigenvalue weighted by Gasteiger charge is -2.12. The topological polar surface area (TPSA) is 49.3 Å². The minimum Gasteiger partial charge on any atom is -0.508 e. The van der Waals surface area contributed by atoms with Crippen molar-refractivity contribution >= 4 is 5.78 Å². The smallest absolute Gasteiger partial charge is 0.147 e. The third-order valence-electron chi connectivity index (χ3n) is 2.22. The molecule has 1 aromatic carbocycles. The first-order chi connectivity index (χ1) is 7.63. The summed E-state index contributed by atoms with van der Waals surface area (Å²) in [5, 5.41) is 12.0. The van der Waals surface area contributed by atoms with E-state index in [-0.39, 0.29) is 17.6 Å². The number of carbonyl (C=O) groups is 1. The Morgan fingerprint density at radius 1 is 1.31 bits per heavy atom. The normalized spacial score (nSPS) is 11.2. The van der Waals surface area contributed by atoms with Crippen LogP contribution in [0.1, 0.15) is 26.3 Å². The lowest BCUT2D eigenvalue weighted by molar-refractivity contribution is -0.118. The summed E-state index contributed by atoms with van der Waals surface area (Å²) < 4.78 is 0. The molecule has 0 radical (unpaired) electrons. The Bertz CT molecular complexity index is 306. The third-order valence-corrected chi connectivity index (χ3v) is 2.22. The van der Waals surface area contributed by atoms with Crippen molar-refractivity contribution in [1.29, 1.82) is 0 Å². The van der Waals surface area contributed by atoms with Gasteiger partial charge in [0.25, 0.3) is 0 Å². The van der Waals surface area contributed by atoms with Crippen molar-refractivity contribution in [2.75, 3.05) is 7.05 Å². The first-order valence-electron chi connectivity index (χ1n) is 5.59. The summed E-state index contributed by atoms with van der Waals surface area (Å²) in [6.45, 7) is 5.57. The monoisotopic (exact) mass is 223 g/mol. The van der Waals surface area contributed by atoms with Crippen molar-refractivity contribution in [2.45, 2.75) is 33.2 Å². The fraction of sp³-hybridized carbons (Fsp3) is 0.462. The number of hydrogen-bond acceptors (Lipinski definition) is 3. The zero-order valence-electron chi connectivity index (χ0n) is 10.4. The molecule has 1 rings (SSSR count). The molecule has 1 unspecified atom stereocenters. The summed E-state index contributed by atoms with van der Waals surface area (Å²) >= 11 is 0. The quantitative estimate of drug-likeness (QED) is 0.822. The summed E-state index contributed by atoms with van der Waals surface area (Å²) in [6, 6.07) is 6.76. The molecule has 0 heterocycles. The molecule has 2 N–H and O–H groups in total. The van der Waals surface area contributed by atoms with Gasteiger partial charge in [0.1, 0.15) is 11.5 Å². The number of phenols is 1. The van der Waals surface area contributed by atoms with E-state index in [2.05, 4.69) is 5.32 Å². The zero-order chi connectivity index (χ0) is 12.6. The molecule has 0 amide bonds. The average Bonchev–Trinajstić information content (AvgIpc) is 2.30. The maximum absolute atomic E-state index is 11.1. The first kappa shape index (κ1) is 14.6. The van der Waals surface area contributed by atoms with Crippen LogP contribution in [0.3, 0.4) is 0 Å². The molecule has 0 saturated heterocycles. The Morgan fingerprint density at radius 2 is 1.81 bits per heavy atom. The van der Waals surface area contributed by atoms with Gasteiger partial charge in [-0.25, -0.2) is 0 Å². The van der Waals surface area contributed by atoms with Crippen LogP contribution in [0.5, 0.6) is 5.75 Å². The molecule has 1 atom stereocenters. The molecule has 0 spiro atoms. The molecule has 0 aliphatic rings. The second-order valence-corrected chi connectivity index (χ2v) is 3.32. The number of phenolic OH excluding ortho intramolecular Hbond substituents is 1. The number of Topliss-reactive ketones (excluding diaryl/α,β-unsaturated/α-hetero) is 1. The minimum absolute atomic E-state index is 0.126. The van der Waals surface area contributed by atoms with Crippen LogP contribution in [0, 0.1) is 0 Å². The summed E-state index contributed by atoms with van der Waals surface area (Å²) in [5.41, 5.74) is 1.04. The Morgan fingerprint density at radius 3 is 2.19 bits per heavy atom. The van der Waals surface area contributed by atoms with Crippen molar-refractivity contribution < 1.29 is 9.90 Å². The second kappa shape index (κ2) is 7.88. The van der Waals surface area contributed by atoms with Gasteiger partial charge in [-0.15, -0.1) is 0 Å². The first-order valence-corrected chi connectivity index (χ1v) is 5.59. The van der Waals surface area contributed by atoms with Crippen molar-refractivity contribution in [3.63, 3.8) is 0 Å². The van der Waals surface area contributed by atoms with Crippen LogP contribution in [-0.2, 0) is 11.2 Å². The van der Waals surface area contributed by atoms with E-state index in [1.54, 1.807) is 26.1 Å². The Labute approximate surface area is 97.5 Å². The number of ketones is 1. The molecule has 3 nitrogen and oxygen atoms in total. The van der Waals surface area contributed by atoms with E-state index >= 15 is 0 Å². The molecule has 0 aliphatic carbocycles. The number of rotatable bonds is 4. The van der Waals surface area contributed by atoms with Crippen molar-refractivity contribution in [3.8, 4) is 5.75 Å². The van der Waals surface area contributed by atoms with Crippen LogP contribution in [0.25, 0.3) is 0 Å². The summed E-state index contributed by atoms with van der Waals surface area (Å²) in [4.78, 5) is 11.1. The molecular weight excluding hydrogens is 202 g/mol. The highest BCUT2D eigenvalue weighted by Gasteiger charge is 2.11. The standard InChI is InChI=1S/C11H15NO2.C2H6/c1-8(13)11(12-2)7-9-3-5-10(14)6-4-9;1-2/h3-6,11-12,14H,7H2,1-2H3;1-2H3. The summed E-state index contributed by atoms with van der Waals surface area (Å²) in [5.74, 6) is 0.373. The Balaban J connectivity index is 0.00000106. The number of carbonyl (C=O) groups excluding carboxylic acids is 1. The van der Waals surface area contributed by atoms with Crippen LogP contribution in [0.15, 0.2) is 24.3 Å². The molecule has 1 aromatic rings. The fourth-order valence-corrected chi connectivity index (χ4v) is 1.32. The van der Waals surface area contributed by atoms with Gasteiger partial charge in [-0.3, -0.25) is 4.79 Å². The largest absolute Gasteiger partial charge is 0.508 e. The lowest BCUT2D eigenvalue weighted by atomic mass is 10.0. The third kappa shape index (κ3) is 4.94. The lowest BCUT2D eigenvalue weighted by Crippen LogP contribution is -2.34. The van der Waals surface area contributed by atoms with E-state index in [1.165, 1.54) is 0 Å². The van der Waals surface area contributed by atoms with Gasteiger partial charge in [0, 0.05) is 0 Å². The van der Waals surface area contributed by atoms with Crippen molar-refractivity contribution in [2.24, 2.45) is 0 Å². The van der Waals surface area contributed by atoms with Crippen molar-refractivity contribution in [1.82, 2.24) is 5.32 Å². The van der Waals surface area contributed by atoms with Crippen LogP contribution >= 0.6 is 0 Å². The van der Waals surface area contributed by atoms with Crippen LogP contribution in [0.4, 0.5) is 0 Å². The predicted molar refractivity (Wildman–Crippen MR) is 66.7 cm³/mol. The maximum Gasteiger partial charge on any atom is 0.147 e. The van der Waals surface area contributed by atoms with Crippen LogP contribution < -0.4 is 5.32 Å². The van der Waals surface area contributed by atoms with E-state index in [9.17, 15) is 4.79 Å². The number of likely N-dealkylation sites (N-methyl/N-ethyl adjacent to an activating group) is 1. The Hall–Kier alpha value is -1.35. The molecule has 0 aliphatic heterocycles. The van der Waals surface area contributed by atoms with Gasteiger partial charge in [0.15, 0.2) is 0 Å². The SMILES string of the molecule is CC.CNC(Cc1ccc(O)cc1)C(C)=O. The number of aromatic hydroxyl groups is 1. The van der Waals surface area contributed by atoms with Gasteiger partial charge in [-0.1, -0.05) is 26.0 Å². The molecule has 0 fully saturated rings. The van der Waals surface area contributed by atoms with E-state index < -0.39 is 0 Å². The average molecular weight is 223 g/mol. The summed E-state index contributed by atoms with van der Waals surface area (Å²) in [7, 11) is 1.77. The second-order valence-electron chi connectivity index (χ2n) is 3.32. The molecule has 0 bridgehead atoms. The van der Waals surface area contributed by atoms with E-state index in [4.69, 9.17) is 5.11 Å². The number of hydrogen-bond donors (Lipinski definition) is 2. The number of benzene rings is 1. The summed E-state index contributed by atoms with van der Waals surface area (Å²) in [6.07, 6.45) is 0.659. The van der Waals surface area contributed by atoms with Gasteiger partial charge < -0.3 is 10.4 Å². The van der Waals surface area contributed by atoms with Gasteiger partial charge in [-0.05, 0) is 38.1 Å². The molecule has 3 heteroatoms. The van der Waals surface area contributed by atoms with E-state index in [0.29, 0.717) is 6.42 Å². The van der Waals surface area contributed by atoms with Gasteiger partial charge in [-0.2, -0.15) is 0 Å². The molecule has 90 valence electrons. The highest BCUT2D eigenvalue weighted by atomic mass is 16.3. The van der Waals surface area contributed by atoms with Gasteiger partial charge in [0.2, 0.25) is 0 Å². The van der Waals surface area contributed by atoms with E-state index in [0.717, 1.165) is 5.56 Å². The highest BCUT2D eigenvalue weighted by Crippen LogP contribution is 2.11. The van der Waals surface area contributed by atoms with Crippen LogP contribution in [0.2, 0.25) is 0 Å². The van der Waals surface area contributed by atoms with E-state index in [1.807, 2.05) is 26.0 Å². The maximum atomic E-state index is 11.1. The molecule has 0 aromatic heterocycles. The van der Waals surface area contributed by atoms with Gasteiger partial charge >= 0.3 is 0 Å². The molecule has 16 heavy (non-hydrogen) atoms. The number of nitrogens with one attached hydrogen (secondary N) is 1.